The molecule has 3 aromatic heterocycles. The first-order valence-electron chi connectivity index (χ1n) is 26.6. The fourth-order valence-electron chi connectivity index (χ4n) is 11.0. The normalized spacial score (nSPS) is 19.4. The number of likely N-dealkylation sites (tertiary alicyclic amines) is 2. The number of thiazole rings is 1. The Hall–Kier alpha value is -6.41. The molecule has 0 saturated carbocycles. The first-order valence-corrected chi connectivity index (χ1v) is 27.5. The van der Waals surface area contributed by atoms with Crippen LogP contribution in [0.4, 0.5) is 14.6 Å². The first kappa shape index (κ1) is 54.4. The average molecular weight is 1060 g/mol. The molecule has 0 spiro atoms. The van der Waals surface area contributed by atoms with Crippen molar-refractivity contribution >= 4 is 56.6 Å². The van der Waals surface area contributed by atoms with Crippen LogP contribution in [0.15, 0.2) is 66.3 Å². The average Bonchev–Trinajstić information content (AvgIpc) is 4.26. The van der Waals surface area contributed by atoms with Gasteiger partial charge in [0.05, 0.1) is 41.2 Å². The van der Waals surface area contributed by atoms with Crippen molar-refractivity contribution in [2.75, 3.05) is 64.5 Å². The van der Waals surface area contributed by atoms with Crippen LogP contribution in [0.2, 0.25) is 0 Å². The number of phenols is 1. The molecule has 0 radical (unpaired) electrons. The van der Waals surface area contributed by atoms with Gasteiger partial charge in [-0.3, -0.25) is 19.4 Å². The van der Waals surface area contributed by atoms with Crippen molar-refractivity contribution in [2.24, 2.45) is 5.41 Å². The minimum Gasteiger partial charge on any atom is -0.508 e. The molecule has 4 aliphatic rings. The van der Waals surface area contributed by atoms with Crippen LogP contribution < -0.4 is 25.6 Å². The highest BCUT2D eigenvalue weighted by Crippen LogP contribution is 2.39. The van der Waals surface area contributed by atoms with E-state index in [0.717, 1.165) is 67.0 Å². The predicted octanol–water partition coefficient (Wildman–Crippen LogP) is 8.49. The molecular weight excluding hydrogens is 991 g/mol. The SMILES string of the molecule is COc1nc(N2CC3CCC(C2)N3)c2cnc(-c3cc(O)cc4cccc(F)c34)c(F)c2n1.Cc1ncsc1-c1ccc(C(C)NC(=O)C2CCCN2C(=O)[C@@H](NC(=O)CCOCCCN2CCCC2)C(C)(C)C)cc1. The lowest BCUT2D eigenvalue weighted by molar-refractivity contribution is -0.144. The largest absolute Gasteiger partial charge is 0.508 e. The van der Waals surface area contributed by atoms with Crippen molar-refractivity contribution in [1.29, 1.82) is 0 Å². The molecule has 7 heterocycles. The fraction of sp³-hybridized carbons (Fsp3) is 0.491. The van der Waals surface area contributed by atoms with E-state index in [1.807, 2.05) is 52.3 Å². The highest BCUT2D eigenvalue weighted by Gasteiger charge is 2.42. The maximum absolute atomic E-state index is 15.9. The maximum atomic E-state index is 15.9. The lowest BCUT2D eigenvalue weighted by atomic mass is 9.85. The Morgan fingerprint density at radius 1 is 0.934 bits per heavy atom. The van der Waals surface area contributed by atoms with Crippen molar-refractivity contribution in [3.8, 4) is 33.5 Å². The number of benzene rings is 3. The number of piperazine rings is 1. The van der Waals surface area contributed by atoms with E-state index in [4.69, 9.17) is 9.47 Å². The molecular formula is C57H70F2N10O6S. The Labute approximate surface area is 447 Å². The number of pyridine rings is 1. The Morgan fingerprint density at radius 3 is 2.38 bits per heavy atom. The van der Waals surface area contributed by atoms with Crippen LogP contribution >= 0.6 is 11.3 Å². The van der Waals surface area contributed by atoms with Gasteiger partial charge in [0.15, 0.2) is 5.82 Å². The minimum atomic E-state index is -0.733. The summed E-state index contributed by atoms with van der Waals surface area (Å²) >= 11 is 1.61. The van der Waals surface area contributed by atoms with E-state index in [1.54, 1.807) is 22.3 Å². The summed E-state index contributed by atoms with van der Waals surface area (Å²) in [7, 11) is 1.44. The molecule has 3 amide bonds. The van der Waals surface area contributed by atoms with Gasteiger partial charge in [-0.15, -0.1) is 11.3 Å². The van der Waals surface area contributed by atoms with E-state index < -0.39 is 29.1 Å². The number of methoxy groups -OCH3 is 1. The molecule has 19 heteroatoms. The van der Waals surface area contributed by atoms with Crippen LogP contribution in [0.25, 0.3) is 43.4 Å². The quantitative estimate of drug-likeness (QED) is 0.0677. The smallest absolute Gasteiger partial charge is 0.318 e. The van der Waals surface area contributed by atoms with E-state index >= 15 is 4.39 Å². The molecule has 4 aliphatic heterocycles. The number of hydrogen-bond donors (Lipinski definition) is 4. The second-order valence-electron chi connectivity index (χ2n) is 21.5. The van der Waals surface area contributed by atoms with E-state index in [-0.39, 0.29) is 64.1 Å². The Balaban J connectivity index is 0.000000191. The van der Waals surface area contributed by atoms with Crippen molar-refractivity contribution in [3.05, 3.63) is 89.2 Å². The number of halogens is 2. The highest BCUT2D eigenvalue weighted by atomic mass is 32.1. The summed E-state index contributed by atoms with van der Waals surface area (Å²) in [5.41, 5.74) is 4.54. The third-order valence-corrected chi connectivity index (χ3v) is 16.0. The molecule has 6 aromatic rings. The number of rotatable bonds is 16. The van der Waals surface area contributed by atoms with Crippen LogP contribution in [0.3, 0.4) is 0 Å². The number of aromatic hydroxyl groups is 1. The van der Waals surface area contributed by atoms with Gasteiger partial charge in [-0.25, -0.2) is 13.8 Å². The molecule has 5 atom stereocenters. The molecule has 10 rings (SSSR count). The fourth-order valence-corrected chi connectivity index (χ4v) is 11.8. The number of ether oxygens (including phenoxy) is 2. The van der Waals surface area contributed by atoms with Gasteiger partial charge in [0.25, 0.3) is 0 Å². The summed E-state index contributed by atoms with van der Waals surface area (Å²) in [6.45, 7) is 16.1. The van der Waals surface area contributed by atoms with Gasteiger partial charge in [0.2, 0.25) is 17.7 Å². The molecule has 4 fully saturated rings. The standard InChI is InChI=1S/C33H49N5O4S.C24H21F2N5O2/c1-23(25-11-13-26(14-12-25)29-24(2)34-22-43-29)35-31(40)27-10-8-19-38(27)32(41)30(33(3,4)5)36-28(39)15-21-42-20-9-18-37-16-6-7-17-37;1-33-24-29-22-17(23(30-24)31-10-13-5-6-14(11-31)28-13)9-27-21(20(22)26)16-8-15(32)7-12-3-2-4-18(25)19(12)16/h11-14,22-23,27,30H,6-10,15-21H2,1-5H3,(H,35,40)(H,36,39);2-4,7-9,13-14,28,32H,5-6,10-11H2,1H3/t23?,27?,30-;/m1./s1. The van der Waals surface area contributed by atoms with Crippen LogP contribution in [0, 0.1) is 24.0 Å². The third kappa shape index (κ3) is 12.4. The number of carbonyl (C=O) groups is 3. The number of amides is 3. The summed E-state index contributed by atoms with van der Waals surface area (Å²) < 4.78 is 41.6. The summed E-state index contributed by atoms with van der Waals surface area (Å²) in [6, 6.07) is 14.7. The number of hydrogen-bond acceptors (Lipinski definition) is 14. The second-order valence-corrected chi connectivity index (χ2v) is 22.4. The number of phenolic OH excluding ortho intramolecular Hbond substituents is 1. The van der Waals surface area contributed by atoms with Crippen LogP contribution in [0.1, 0.15) is 96.4 Å². The molecule has 0 aliphatic carbocycles. The Kier molecular flexibility index (Phi) is 17.1. The summed E-state index contributed by atoms with van der Waals surface area (Å²) in [5, 5.41) is 20.9. The molecule has 4 N–H and O–H groups in total. The molecule has 4 unspecified atom stereocenters. The number of carbonyl (C=O) groups excluding carboxylic acids is 3. The van der Waals surface area contributed by atoms with Crippen molar-refractivity contribution in [3.63, 3.8) is 0 Å². The number of aromatic nitrogens is 4. The zero-order chi connectivity index (χ0) is 53.7. The Bertz CT molecular complexity index is 3030. The summed E-state index contributed by atoms with van der Waals surface area (Å²) in [5.74, 6) is -1.37. The van der Waals surface area contributed by atoms with Crippen molar-refractivity contribution in [1.82, 2.24) is 45.7 Å². The van der Waals surface area contributed by atoms with Gasteiger partial charge in [0, 0.05) is 68.4 Å². The molecule has 404 valence electrons. The zero-order valence-corrected chi connectivity index (χ0v) is 45.2. The number of aryl methyl sites for hydroxylation is 1. The van der Waals surface area contributed by atoms with Crippen molar-refractivity contribution in [2.45, 2.75) is 116 Å². The first-order chi connectivity index (χ1) is 36.6. The number of fused-ring (bicyclic) bond motifs is 4. The minimum absolute atomic E-state index is 0.0422. The van der Waals surface area contributed by atoms with E-state index in [0.29, 0.717) is 54.9 Å². The number of anilines is 1. The van der Waals surface area contributed by atoms with Gasteiger partial charge >= 0.3 is 6.01 Å². The topological polar surface area (TPSA) is 187 Å². The predicted molar refractivity (Wildman–Crippen MR) is 291 cm³/mol. The number of nitrogens with one attached hydrogen (secondary N) is 3. The van der Waals surface area contributed by atoms with Gasteiger partial charge in [-0.2, -0.15) is 9.97 Å². The van der Waals surface area contributed by atoms with Gasteiger partial charge in [-0.1, -0.05) is 57.2 Å². The molecule has 2 bridgehead atoms. The van der Waals surface area contributed by atoms with Crippen LogP contribution in [-0.4, -0.2) is 136 Å². The lowest BCUT2D eigenvalue weighted by Crippen LogP contribution is -2.57. The Morgan fingerprint density at radius 2 is 1.68 bits per heavy atom. The monoisotopic (exact) mass is 1060 g/mol. The van der Waals surface area contributed by atoms with E-state index in [9.17, 15) is 23.9 Å². The van der Waals surface area contributed by atoms with Crippen molar-refractivity contribution < 1.29 is 37.7 Å². The van der Waals surface area contributed by atoms with Gasteiger partial charge in [-0.05, 0) is 112 Å². The third-order valence-electron chi connectivity index (χ3n) is 15.0. The molecule has 3 aromatic carbocycles. The van der Waals surface area contributed by atoms with E-state index in [2.05, 4.69) is 57.8 Å². The maximum Gasteiger partial charge on any atom is 0.318 e. The van der Waals surface area contributed by atoms with Crippen LogP contribution in [0.5, 0.6) is 11.8 Å². The van der Waals surface area contributed by atoms with Gasteiger partial charge < -0.3 is 45.2 Å². The summed E-state index contributed by atoms with van der Waals surface area (Å²) in [4.78, 5) is 64.9. The van der Waals surface area contributed by atoms with E-state index in [1.165, 1.54) is 63.5 Å². The zero-order valence-electron chi connectivity index (χ0n) is 44.3. The molecule has 76 heavy (non-hydrogen) atoms. The molecule has 16 nitrogen and oxygen atoms in total. The van der Waals surface area contributed by atoms with Gasteiger partial charge in [0.1, 0.15) is 40.7 Å². The summed E-state index contributed by atoms with van der Waals surface area (Å²) in [6.07, 6.45) is 8.76. The number of nitrogens with zero attached hydrogens (tertiary/aromatic N) is 7. The van der Waals surface area contributed by atoms with Crippen LogP contribution in [-0.2, 0) is 19.1 Å². The molecule has 4 saturated heterocycles. The second kappa shape index (κ2) is 23.9. The highest BCUT2D eigenvalue weighted by molar-refractivity contribution is 7.13. The lowest BCUT2D eigenvalue weighted by Gasteiger charge is -2.35.